The molecule has 0 N–H and O–H groups in total. The van der Waals surface area contributed by atoms with Crippen LogP contribution in [0.1, 0.15) is 39.3 Å². The lowest BCUT2D eigenvalue weighted by Crippen LogP contribution is -2.39. The third-order valence-electron chi connectivity index (χ3n) is 4.92. The number of rotatable bonds is 4. The average molecular weight is 351 g/mol. The Hall–Kier alpha value is -2.69. The molecule has 1 fully saturated rings. The predicted molar refractivity (Wildman–Crippen MR) is 101 cm³/mol. The lowest BCUT2D eigenvalue weighted by molar-refractivity contribution is 0.0684. The van der Waals surface area contributed by atoms with Gasteiger partial charge in [-0.05, 0) is 55.0 Å². The molecule has 0 atom stereocenters. The van der Waals surface area contributed by atoms with E-state index >= 15 is 0 Å². The van der Waals surface area contributed by atoms with Gasteiger partial charge in [0.05, 0.1) is 0 Å². The van der Waals surface area contributed by atoms with Crippen LogP contribution >= 0.6 is 0 Å². The molecule has 2 aromatic rings. The Kier molecular flexibility index (Phi) is 5.66. The molecule has 136 valence electrons. The van der Waals surface area contributed by atoms with Crippen molar-refractivity contribution in [2.75, 3.05) is 27.2 Å². The van der Waals surface area contributed by atoms with Crippen molar-refractivity contribution in [3.8, 4) is 0 Å². The van der Waals surface area contributed by atoms with Gasteiger partial charge in [-0.2, -0.15) is 0 Å². The summed E-state index contributed by atoms with van der Waals surface area (Å²) in [6, 6.07) is 13.3. The molecular weight excluding hydrogens is 326 g/mol. The summed E-state index contributed by atoms with van der Waals surface area (Å²) < 4.78 is 0. The fourth-order valence-corrected chi connectivity index (χ4v) is 3.37. The van der Waals surface area contributed by atoms with Crippen LogP contribution in [-0.2, 0) is 6.42 Å². The van der Waals surface area contributed by atoms with Crippen LogP contribution in [0.3, 0.4) is 0 Å². The number of amides is 2. The topological polar surface area (TPSA) is 53.5 Å². The number of nitrogens with zero attached hydrogens (tertiary/aromatic N) is 3. The number of carbonyl (C=O) groups excluding carboxylic acids is 2. The van der Waals surface area contributed by atoms with Gasteiger partial charge in [-0.3, -0.25) is 14.6 Å². The summed E-state index contributed by atoms with van der Waals surface area (Å²) in [5, 5.41) is 0. The molecule has 26 heavy (non-hydrogen) atoms. The van der Waals surface area contributed by atoms with Gasteiger partial charge in [0.15, 0.2) is 0 Å². The Morgan fingerprint density at radius 2 is 1.77 bits per heavy atom. The van der Waals surface area contributed by atoms with Crippen molar-refractivity contribution >= 4 is 11.8 Å². The molecule has 3 rings (SSSR count). The van der Waals surface area contributed by atoms with E-state index in [0.29, 0.717) is 11.6 Å². The van der Waals surface area contributed by atoms with E-state index in [1.54, 1.807) is 31.3 Å². The zero-order valence-corrected chi connectivity index (χ0v) is 15.4. The van der Waals surface area contributed by atoms with Crippen molar-refractivity contribution < 1.29 is 9.59 Å². The van der Waals surface area contributed by atoms with Gasteiger partial charge in [0, 0.05) is 38.9 Å². The highest BCUT2D eigenvalue weighted by Crippen LogP contribution is 2.23. The van der Waals surface area contributed by atoms with Crippen molar-refractivity contribution in [3.05, 3.63) is 65.5 Å². The van der Waals surface area contributed by atoms with Gasteiger partial charge in [0.25, 0.3) is 11.8 Å². The van der Waals surface area contributed by atoms with Gasteiger partial charge in [0.1, 0.15) is 5.69 Å². The number of pyridine rings is 1. The van der Waals surface area contributed by atoms with Crippen LogP contribution in [0.15, 0.2) is 48.7 Å². The molecule has 1 aromatic carbocycles. The van der Waals surface area contributed by atoms with Crippen molar-refractivity contribution in [2.24, 2.45) is 5.92 Å². The highest BCUT2D eigenvalue weighted by Gasteiger charge is 2.24. The lowest BCUT2D eigenvalue weighted by Gasteiger charge is -2.32. The Labute approximate surface area is 154 Å². The maximum Gasteiger partial charge on any atom is 0.272 e. The molecular formula is C21H25N3O2. The minimum atomic E-state index is 0.0237. The molecule has 1 saturated heterocycles. The van der Waals surface area contributed by atoms with E-state index in [2.05, 4.69) is 4.98 Å². The fraction of sp³-hybridized carbons (Fsp3) is 0.381. The molecule has 0 radical (unpaired) electrons. The third kappa shape index (κ3) is 4.28. The number of likely N-dealkylation sites (tertiary alicyclic amines) is 1. The van der Waals surface area contributed by atoms with Crippen LogP contribution in [0, 0.1) is 5.92 Å². The first-order valence-electron chi connectivity index (χ1n) is 9.05. The molecule has 0 spiro atoms. The quantitative estimate of drug-likeness (QED) is 0.851. The molecule has 0 saturated carbocycles. The van der Waals surface area contributed by atoms with Gasteiger partial charge >= 0.3 is 0 Å². The fourth-order valence-electron chi connectivity index (χ4n) is 3.37. The summed E-state index contributed by atoms with van der Waals surface area (Å²) in [6.07, 6.45) is 4.64. The minimum Gasteiger partial charge on any atom is -0.345 e. The molecule has 2 amide bonds. The standard InChI is InChI=1S/C21H25N3O2/c1-23(2)20(25)18-8-6-16(7-9-18)15-17-10-13-24(14-11-17)21(26)19-5-3-4-12-22-19/h3-9,12,17H,10-11,13-15H2,1-2H3. The zero-order valence-electron chi connectivity index (χ0n) is 15.4. The summed E-state index contributed by atoms with van der Waals surface area (Å²) in [6.45, 7) is 1.55. The van der Waals surface area contributed by atoms with Crippen LogP contribution in [0.4, 0.5) is 0 Å². The summed E-state index contributed by atoms with van der Waals surface area (Å²) in [7, 11) is 3.52. The highest BCUT2D eigenvalue weighted by atomic mass is 16.2. The summed E-state index contributed by atoms with van der Waals surface area (Å²) in [5.41, 5.74) is 2.48. The van der Waals surface area contributed by atoms with Crippen LogP contribution in [0.2, 0.25) is 0 Å². The van der Waals surface area contributed by atoms with E-state index in [4.69, 9.17) is 0 Å². The normalized spacial score (nSPS) is 14.9. The van der Waals surface area contributed by atoms with E-state index in [1.165, 1.54) is 5.56 Å². The first kappa shape index (κ1) is 18.1. The summed E-state index contributed by atoms with van der Waals surface area (Å²) >= 11 is 0. The second kappa shape index (κ2) is 8.13. The van der Waals surface area contributed by atoms with E-state index in [-0.39, 0.29) is 11.8 Å². The van der Waals surface area contributed by atoms with Gasteiger partial charge in [-0.15, -0.1) is 0 Å². The van der Waals surface area contributed by atoms with Crippen molar-refractivity contribution in [1.82, 2.24) is 14.8 Å². The number of aromatic nitrogens is 1. The van der Waals surface area contributed by atoms with Gasteiger partial charge in [-0.25, -0.2) is 0 Å². The second-order valence-electron chi connectivity index (χ2n) is 7.05. The SMILES string of the molecule is CN(C)C(=O)c1ccc(CC2CCN(C(=O)c3ccccn3)CC2)cc1. The largest absolute Gasteiger partial charge is 0.345 e. The maximum absolute atomic E-state index is 12.4. The van der Waals surface area contributed by atoms with E-state index in [0.717, 1.165) is 37.9 Å². The molecule has 2 heterocycles. The summed E-state index contributed by atoms with van der Waals surface area (Å²) in [5.74, 6) is 0.617. The monoisotopic (exact) mass is 351 g/mol. The number of piperidine rings is 1. The van der Waals surface area contributed by atoms with Gasteiger partial charge in [-0.1, -0.05) is 18.2 Å². The molecule has 0 unspecified atom stereocenters. The molecule has 0 bridgehead atoms. The van der Waals surface area contributed by atoms with Gasteiger partial charge in [0.2, 0.25) is 0 Å². The van der Waals surface area contributed by atoms with Crippen molar-refractivity contribution in [1.29, 1.82) is 0 Å². The molecule has 1 aliphatic heterocycles. The highest BCUT2D eigenvalue weighted by molar-refractivity contribution is 5.94. The van der Waals surface area contributed by atoms with E-state index in [9.17, 15) is 9.59 Å². The molecule has 0 aliphatic carbocycles. The van der Waals surface area contributed by atoms with Crippen molar-refractivity contribution in [3.63, 3.8) is 0 Å². The predicted octanol–water partition coefficient (Wildman–Crippen LogP) is 2.88. The second-order valence-corrected chi connectivity index (χ2v) is 7.05. The first-order chi connectivity index (χ1) is 12.5. The van der Waals surface area contributed by atoms with Crippen molar-refractivity contribution in [2.45, 2.75) is 19.3 Å². The Morgan fingerprint density at radius 1 is 1.08 bits per heavy atom. The first-order valence-corrected chi connectivity index (χ1v) is 9.05. The molecule has 1 aromatic heterocycles. The average Bonchev–Trinajstić information content (AvgIpc) is 2.68. The molecule has 1 aliphatic rings. The van der Waals surface area contributed by atoms with Crippen LogP contribution in [-0.4, -0.2) is 53.8 Å². The number of hydrogen-bond donors (Lipinski definition) is 0. The number of hydrogen-bond acceptors (Lipinski definition) is 3. The zero-order chi connectivity index (χ0) is 18.5. The Bertz CT molecular complexity index is 749. The van der Waals surface area contributed by atoms with Crippen LogP contribution < -0.4 is 0 Å². The van der Waals surface area contributed by atoms with E-state index in [1.807, 2.05) is 41.3 Å². The summed E-state index contributed by atoms with van der Waals surface area (Å²) in [4.78, 5) is 32.0. The molecule has 5 heteroatoms. The van der Waals surface area contributed by atoms with Crippen LogP contribution in [0.5, 0.6) is 0 Å². The Morgan fingerprint density at radius 3 is 2.35 bits per heavy atom. The maximum atomic E-state index is 12.4. The molecule has 5 nitrogen and oxygen atoms in total. The lowest BCUT2D eigenvalue weighted by atomic mass is 9.89. The third-order valence-corrected chi connectivity index (χ3v) is 4.92. The minimum absolute atomic E-state index is 0.0237. The van der Waals surface area contributed by atoms with Gasteiger partial charge < -0.3 is 9.80 Å². The van der Waals surface area contributed by atoms with E-state index < -0.39 is 0 Å². The smallest absolute Gasteiger partial charge is 0.272 e. The number of carbonyl (C=O) groups is 2. The van der Waals surface area contributed by atoms with Crippen LogP contribution in [0.25, 0.3) is 0 Å². The number of benzene rings is 1. The Balaban J connectivity index is 1.53.